The molecule has 0 saturated heterocycles. The van der Waals surface area contributed by atoms with Gasteiger partial charge in [0.15, 0.2) is 11.6 Å². The third-order valence-electron chi connectivity index (χ3n) is 5.14. The van der Waals surface area contributed by atoms with Crippen molar-refractivity contribution in [2.75, 3.05) is 5.32 Å². The average molecular weight is 397 g/mol. The quantitative estimate of drug-likeness (QED) is 0.673. The molecule has 0 saturated carbocycles. The number of benzene rings is 1. The van der Waals surface area contributed by atoms with Crippen molar-refractivity contribution in [3.63, 3.8) is 0 Å². The molecule has 1 aliphatic carbocycles. The third kappa shape index (κ3) is 2.80. The van der Waals surface area contributed by atoms with Crippen LogP contribution in [0.25, 0.3) is 0 Å². The summed E-state index contributed by atoms with van der Waals surface area (Å²) in [7, 11) is 0. The number of hydrogen-bond acceptors (Lipinski definition) is 3. The molecule has 0 bridgehead atoms. The van der Waals surface area contributed by atoms with Gasteiger partial charge in [0.25, 0.3) is 0 Å². The zero-order valence-corrected chi connectivity index (χ0v) is 15.0. The van der Waals surface area contributed by atoms with Crippen molar-refractivity contribution >= 4 is 11.6 Å². The van der Waals surface area contributed by atoms with E-state index in [4.69, 9.17) is 0 Å². The Balaban J connectivity index is 2.03. The van der Waals surface area contributed by atoms with Gasteiger partial charge in [0.2, 0.25) is 0 Å². The number of nitrogens with zero attached hydrogens (tertiary/aromatic N) is 1. The highest BCUT2D eigenvalue weighted by molar-refractivity contribution is 6.01. The van der Waals surface area contributed by atoms with Gasteiger partial charge in [-0.3, -0.25) is 9.89 Å². The van der Waals surface area contributed by atoms with Gasteiger partial charge in [-0.1, -0.05) is 19.9 Å². The summed E-state index contributed by atoms with van der Waals surface area (Å²) in [5.41, 5.74) is -2.42. The molecule has 0 amide bonds. The number of fused-ring (bicyclic) bond motifs is 1. The number of carbonyl (C=O) groups excluding carboxylic acids is 1. The predicted molar refractivity (Wildman–Crippen MR) is 90.5 cm³/mol. The number of hydrogen-bond donors (Lipinski definition) is 2. The molecule has 1 aromatic carbocycles. The Labute approximate surface area is 156 Å². The topological polar surface area (TPSA) is 57.8 Å². The molecule has 1 atom stereocenters. The summed E-state index contributed by atoms with van der Waals surface area (Å²) in [4.78, 5) is 12.9. The van der Waals surface area contributed by atoms with Crippen LogP contribution >= 0.6 is 0 Å². The standard InChI is InChI=1S/C19H16F5N3O/c1-18(2)6-10-13(11(28)7-18)14(12-8(20)4-3-5-9(12)21)15-16(19(22,23)24)26-27-17(15)25-10/h3-5,14H,6-7H2,1-2H3,(H2,25,26,27)/t14-/m1/s1. The molecule has 0 fully saturated rings. The van der Waals surface area contributed by atoms with Crippen LogP contribution in [0.1, 0.15) is 49.4 Å². The molecular formula is C19H16F5N3O. The first-order chi connectivity index (χ1) is 13.0. The molecule has 2 aromatic rings. The molecule has 0 spiro atoms. The van der Waals surface area contributed by atoms with E-state index in [0.29, 0.717) is 12.1 Å². The summed E-state index contributed by atoms with van der Waals surface area (Å²) in [5, 5.41) is 8.38. The Morgan fingerprint density at radius 3 is 2.36 bits per heavy atom. The first kappa shape index (κ1) is 18.6. The zero-order valence-electron chi connectivity index (χ0n) is 15.0. The van der Waals surface area contributed by atoms with Crippen molar-refractivity contribution in [1.29, 1.82) is 0 Å². The van der Waals surface area contributed by atoms with Crippen molar-refractivity contribution in [3.05, 3.63) is 57.9 Å². The highest BCUT2D eigenvalue weighted by atomic mass is 19.4. The molecule has 28 heavy (non-hydrogen) atoms. The van der Waals surface area contributed by atoms with Gasteiger partial charge >= 0.3 is 6.18 Å². The fourth-order valence-corrected chi connectivity index (χ4v) is 4.09. The minimum atomic E-state index is -4.84. The number of rotatable bonds is 1. The van der Waals surface area contributed by atoms with Crippen LogP contribution < -0.4 is 5.32 Å². The zero-order chi connectivity index (χ0) is 20.4. The number of ketones is 1. The van der Waals surface area contributed by atoms with E-state index >= 15 is 0 Å². The first-order valence-electron chi connectivity index (χ1n) is 8.62. The second kappa shape index (κ2) is 5.89. The van der Waals surface area contributed by atoms with E-state index in [-0.39, 0.29) is 17.8 Å². The normalized spacial score (nSPS) is 21.2. The largest absolute Gasteiger partial charge is 0.433 e. The van der Waals surface area contributed by atoms with Crippen molar-refractivity contribution in [2.24, 2.45) is 5.41 Å². The van der Waals surface area contributed by atoms with Crippen molar-refractivity contribution in [2.45, 2.75) is 38.8 Å². The van der Waals surface area contributed by atoms with Gasteiger partial charge in [0.1, 0.15) is 17.3 Å². The average Bonchev–Trinajstić information content (AvgIpc) is 2.96. The number of nitrogens with one attached hydrogen (secondary N) is 2. The van der Waals surface area contributed by atoms with Crippen molar-refractivity contribution in [1.82, 2.24) is 10.2 Å². The van der Waals surface area contributed by atoms with Gasteiger partial charge in [-0.25, -0.2) is 8.78 Å². The molecule has 1 aromatic heterocycles. The molecule has 9 heteroatoms. The van der Waals surface area contributed by atoms with Gasteiger partial charge in [0, 0.05) is 28.8 Å². The van der Waals surface area contributed by atoms with Crippen LogP contribution in [-0.2, 0) is 11.0 Å². The van der Waals surface area contributed by atoms with Crippen LogP contribution in [0.4, 0.5) is 27.8 Å². The van der Waals surface area contributed by atoms with Crippen LogP contribution in [-0.4, -0.2) is 16.0 Å². The minimum Gasteiger partial charge on any atom is -0.342 e. The summed E-state index contributed by atoms with van der Waals surface area (Å²) in [6.07, 6.45) is -4.43. The lowest BCUT2D eigenvalue weighted by Gasteiger charge is -2.38. The summed E-state index contributed by atoms with van der Waals surface area (Å²) < 4.78 is 69.9. The Morgan fingerprint density at radius 2 is 1.75 bits per heavy atom. The van der Waals surface area contributed by atoms with E-state index in [2.05, 4.69) is 10.4 Å². The Hall–Kier alpha value is -2.71. The maximum atomic E-state index is 14.6. The highest BCUT2D eigenvalue weighted by Gasteiger charge is 2.48. The second-order valence-electron chi connectivity index (χ2n) is 7.89. The molecule has 0 radical (unpaired) electrons. The highest BCUT2D eigenvalue weighted by Crippen LogP contribution is 2.52. The number of Topliss-reactive ketones (excluding diaryl/α,β-unsaturated/α-hetero) is 1. The molecule has 2 heterocycles. The minimum absolute atomic E-state index is 0.0391. The van der Waals surface area contributed by atoms with Gasteiger partial charge in [-0.15, -0.1) is 0 Å². The smallest absolute Gasteiger partial charge is 0.342 e. The maximum Gasteiger partial charge on any atom is 0.433 e. The lowest BCUT2D eigenvalue weighted by atomic mass is 9.69. The van der Waals surface area contributed by atoms with Gasteiger partial charge in [0.05, 0.1) is 5.92 Å². The molecule has 2 N–H and O–H groups in total. The van der Waals surface area contributed by atoms with E-state index < -0.39 is 51.7 Å². The van der Waals surface area contributed by atoms with Gasteiger partial charge < -0.3 is 5.32 Å². The van der Waals surface area contributed by atoms with E-state index in [0.717, 1.165) is 18.2 Å². The number of alkyl halides is 3. The fourth-order valence-electron chi connectivity index (χ4n) is 4.09. The molecule has 2 aliphatic rings. The third-order valence-corrected chi connectivity index (χ3v) is 5.14. The van der Waals surface area contributed by atoms with E-state index in [1.54, 1.807) is 0 Å². The Kier molecular flexibility index (Phi) is 3.92. The molecular weight excluding hydrogens is 381 g/mol. The van der Waals surface area contributed by atoms with Gasteiger partial charge in [-0.2, -0.15) is 18.3 Å². The predicted octanol–water partition coefficient (Wildman–Crippen LogP) is 4.91. The van der Waals surface area contributed by atoms with E-state index in [1.165, 1.54) is 0 Å². The number of aromatic nitrogens is 2. The van der Waals surface area contributed by atoms with Gasteiger partial charge in [-0.05, 0) is 24.0 Å². The Bertz CT molecular complexity index is 999. The molecule has 4 nitrogen and oxygen atoms in total. The number of carbonyl (C=O) groups is 1. The molecule has 1 aliphatic heterocycles. The number of anilines is 1. The summed E-state index contributed by atoms with van der Waals surface area (Å²) >= 11 is 0. The first-order valence-corrected chi connectivity index (χ1v) is 8.62. The summed E-state index contributed by atoms with van der Waals surface area (Å²) in [6, 6.07) is 3.05. The molecule has 148 valence electrons. The van der Waals surface area contributed by atoms with E-state index in [1.807, 2.05) is 18.9 Å². The number of aromatic amines is 1. The monoisotopic (exact) mass is 397 g/mol. The second-order valence-corrected chi connectivity index (χ2v) is 7.89. The van der Waals surface area contributed by atoms with Crippen molar-refractivity contribution < 1.29 is 26.7 Å². The number of H-pyrrole nitrogens is 1. The maximum absolute atomic E-state index is 14.6. The lowest BCUT2D eigenvalue weighted by molar-refractivity contribution is -0.142. The molecule has 0 unspecified atom stereocenters. The fraction of sp³-hybridized carbons (Fsp3) is 0.368. The van der Waals surface area contributed by atoms with Crippen LogP contribution in [0, 0.1) is 17.0 Å². The van der Waals surface area contributed by atoms with Crippen LogP contribution in [0.2, 0.25) is 0 Å². The summed E-state index contributed by atoms with van der Waals surface area (Å²) in [6.45, 7) is 3.69. The Morgan fingerprint density at radius 1 is 1.11 bits per heavy atom. The lowest BCUT2D eigenvalue weighted by Crippen LogP contribution is -2.34. The van der Waals surface area contributed by atoms with E-state index in [9.17, 15) is 26.7 Å². The number of halogens is 5. The summed E-state index contributed by atoms with van der Waals surface area (Å²) in [5.74, 6) is -4.18. The SMILES string of the molecule is CC1(C)CC(=O)C2=C(C1)Nc1n[nH]c(C(F)(F)F)c1[C@@H]2c1c(F)cccc1F. The van der Waals surface area contributed by atoms with Crippen LogP contribution in [0.5, 0.6) is 0 Å². The number of allylic oxidation sites excluding steroid dienone is 2. The van der Waals surface area contributed by atoms with Crippen LogP contribution in [0.15, 0.2) is 29.5 Å². The van der Waals surface area contributed by atoms with Crippen LogP contribution in [0.3, 0.4) is 0 Å². The van der Waals surface area contributed by atoms with Crippen molar-refractivity contribution in [3.8, 4) is 0 Å². The molecule has 4 rings (SSSR count).